The minimum atomic E-state index is -0.133. The smallest absolute Gasteiger partial charge is 0.225 e. The minimum Gasteiger partial charge on any atom is -0.495 e. The predicted octanol–water partition coefficient (Wildman–Crippen LogP) is 3.20. The molecule has 0 amide bonds. The van der Waals surface area contributed by atoms with E-state index in [0.29, 0.717) is 22.4 Å². The van der Waals surface area contributed by atoms with Gasteiger partial charge < -0.3 is 34.7 Å². The van der Waals surface area contributed by atoms with Crippen LogP contribution in [0.5, 0.6) is 5.75 Å². The van der Waals surface area contributed by atoms with Crippen LogP contribution in [0.2, 0.25) is 5.02 Å². The number of hydrogen-bond acceptors (Lipinski definition) is 9. The van der Waals surface area contributed by atoms with Crippen molar-refractivity contribution in [2.24, 2.45) is 5.73 Å². The number of methoxy groups -OCH3 is 1. The van der Waals surface area contributed by atoms with Crippen LogP contribution >= 0.6 is 11.6 Å². The number of ether oxygens (including phenoxy) is 1. The summed E-state index contributed by atoms with van der Waals surface area (Å²) in [4.78, 5) is 21.1. The molecule has 4 aromatic rings. The van der Waals surface area contributed by atoms with Crippen molar-refractivity contribution in [2.45, 2.75) is 25.5 Å². The molecule has 39 heavy (non-hydrogen) atoms. The van der Waals surface area contributed by atoms with Crippen LogP contribution in [-0.4, -0.2) is 76.9 Å². The van der Waals surface area contributed by atoms with Gasteiger partial charge in [-0.25, -0.2) is 15.0 Å². The molecule has 2 saturated heterocycles. The molecule has 0 bridgehead atoms. The first-order chi connectivity index (χ1) is 19.0. The Morgan fingerprint density at radius 2 is 1.67 bits per heavy atom. The molecule has 0 saturated carbocycles. The third-order valence-electron chi connectivity index (χ3n) is 7.72. The number of nitrogens with zero attached hydrogens (tertiary/aromatic N) is 7. The van der Waals surface area contributed by atoms with E-state index in [-0.39, 0.29) is 6.61 Å². The first-order valence-corrected chi connectivity index (χ1v) is 13.7. The van der Waals surface area contributed by atoms with Crippen molar-refractivity contribution in [3.05, 3.63) is 59.6 Å². The molecule has 3 aromatic heterocycles. The van der Waals surface area contributed by atoms with Gasteiger partial charge in [0.05, 0.1) is 42.5 Å². The van der Waals surface area contributed by atoms with E-state index >= 15 is 0 Å². The Balaban J connectivity index is 1.13. The standard InChI is InChI=1S/C28H33ClN8O2/c1-39-26-12-19(18-38)23(14-24(26)29)25-17-37-7-4-21(13-27(37)33-25)35-8-10-36(11-9-35)28-31-15-22(16-32-28)34-5-2-20(30)3-6-34/h4,7,12-17,20,38H,2-3,5-6,8-11,18,30H2,1H3. The van der Waals surface area contributed by atoms with Gasteiger partial charge in [0.1, 0.15) is 11.4 Å². The number of rotatable bonds is 6. The second kappa shape index (κ2) is 10.9. The number of benzene rings is 1. The maximum Gasteiger partial charge on any atom is 0.225 e. The molecule has 1 aromatic carbocycles. The van der Waals surface area contributed by atoms with Gasteiger partial charge >= 0.3 is 0 Å². The molecule has 0 aliphatic carbocycles. The molecule has 0 radical (unpaired) electrons. The van der Waals surface area contributed by atoms with E-state index in [9.17, 15) is 5.11 Å². The second-order valence-electron chi connectivity index (χ2n) is 10.1. The number of aliphatic hydroxyl groups excluding tert-OH is 1. The highest BCUT2D eigenvalue weighted by Gasteiger charge is 2.22. The topological polar surface area (TPSA) is 108 Å². The van der Waals surface area contributed by atoms with Gasteiger partial charge in [-0.3, -0.25) is 0 Å². The summed E-state index contributed by atoms with van der Waals surface area (Å²) in [5.41, 5.74) is 11.3. The quantitative estimate of drug-likeness (QED) is 0.375. The van der Waals surface area contributed by atoms with Crippen molar-refractivity contribution in [3.63, 3.8) is 0 Å². The Bertz CT molecular complexity index is 1440. The number of piperazine rings is 1. The van der Waals surface area contributed by atoms with Gasteiger partial charge in [-0.15, -0.1) is 0 Å². The molecule has 2 aliphatic heterocycles. The van der Waals surface area contributed by atoms with Crippen molar-refractivity contribution < 1.29 is 9.84 Å². The van der Waals surface area contributed by atoms with Crippen LogP contribution in [0.25, 0.3) is 16.9 Å². The molecule has 2 aliphatic rings. The first-order valence-electron chi connectivity index (χ1n) is 13.3. The molecule has 204 valence electrons. The van der Waals surface area contributed by atoms with Crippen LogP contribution in [0, 0.1) is 0 Å². The van der Waals surface area contributed by atoms with Gasteiger partial charge in [-0.1, -0.05) is 11.6 Å². The maximum atomic E-state index is 9.91. The molecule has 0 unspecified atom stereocenters. The summed E-state index contributed by atoms with van der Waals surface area (Å²) < 4.78 is 7.28. The Hall–Kier alpha value is -3.60. The van der Waals surface area contributed by atoms with Gasteiger partial charge in [0, 0.05) is 75.0 Å². The van der Waals surface area contributed by atoms with E-state index < -0.39 is 0 Å². The average molecular weight is 549 g/mol. The van der Waals surface area contributed by atoms with Crippen LogP contribution in [0.1, 0.15) is 18.4 Å². The number of pyridine rings is 1. The molecule has 11 heteroatoms. The van der Waals surface area contributed by atoms with Gasteiger partial charge in [0.25, 0.3) is 0 Å². The monoisotopic (exact) mass is 548 g/mol. The largest absolute Gasteiger partial charge is 0.495 e. The Morgan fingerprint density at radius 1 is 0.974 bits per heavy atom. The highest BCUT2D eigenvalue weighted by Crippen LogP contribution is 2.34. The van der Waals surface area contributed by atoms with E-state index in [4.69, 9.17) is 27.1 Å². The zero-order valence-electron chi connectivity index (χ0n) is 22.0. The second-order valence-corrected chi connectivity index (χ2v) is 10.5. The summed E-state index contributed by atoms with van der Waals surface area (Å²) in [7, 11) is 1.56. The summed E-state index contributed by atoms with van der Waals surface area (Å²) in [6, 6.07) is 8.06. The number of anilines is 3. The summed E-state index contributed by atoms with van der Waals surface area (Å²) in [5.74, 6) is 1.31. The Labute approximate surface area is 232 Å². The van der Waals surface area contributed by atoms with Crippen molar-refractivity contribution in [1.29, 1.82) is 0 Å². The predicted molar refractivity (Wildman–Crippen MR) is 154 cm³/mol. The fourth-order valence-electron chi connectivity index (χ4n) is 5.38. The highest BCUT2D eigenvalue weighted by molar-refractivity contribution is 6.32. The highest BCUT2D eigenvalue weighted by atomic mass is 35.5. The van der Waals surface area contributed by atoms with Crippen LogP contribution in [0.3, 0.4) is 0 Å². The summed E-state index contributed by atoms with van der Waals surface area (Å²) in [6.45, 7) is 5.19. The number of halogens is 1. The molecule has 0 atom stereocenters. The molecule has 0 spiro atoms. The van der Waals surface area contributed by atoms with Crippen molar-refractivity contribution in [2.75, 3.05) is 61.1 Å². The summed E-state index contributed by atoms with van der Waals surface area (Å²) in [5, 5.41) is 10.4. The zero-order valence-corrected chi connectivity index (χ0v) is 22.8. The minimum absolute atomic E-state index is 0.133. The SMILES string of the molecule is COc1cc(CO)c(-c2cn3ccc(N4CCN(c5ncc(N6CCC(N)CC6)cn5)CC4)cc3n2)cc1Cl. The first kappa shape index (κ1) is 25.7. The molecule has 10 nitrogen and oxygen atoms in total. The van der Waals surface area contributed by atoms with Gasteiger partial charge in [-0.2, -0.15) is 0 Å². The van der Waals surface area contributed by atoms with Gasteiger partial charge in [-0.05, 0) is 36.6 Å². The third kappa shape index (κ3) is 5.19. The average Bonchev–Trinajstić information content (AvgIpc) is 3.41. The van der Waals surface area contributed by atoms with Gasteiger partial charge in [0.15, 0.2) is 0 Å². The van der Waals surface area contributed by atoms with Crippen molar-refractivity contribution >= 4 is 34.6 Å². The lowest BCUT2D eigenvalue weighted by Gasteiger charge is -2.36. The lowest BCUT2D eigenvalue weighted by Crippen LogP contribution is -2.47. The van der Waals surface area contributed by atoms with Crippen LogP contribution in [0.15, 0.2) is 49.1 Å². The van der Waals surface area contributed by atoms with Crippen molar-refractivity contribution in [3.8, 4) is 17.0 Å². The maximum absolute atomic E-state index is 9.91. The molecular formula is C28H33ClN8O2. The van der Waals surface area contributed by atoms with Crippen LogP contribution in [0.4, 0.5) is 17.3 Å². The van der Waals surface area contributed by atoms with Crippen molar-refractivity contribution in [1.82, 2.24) is 19.4 Å². The number of aromatic nitrogens is 4. The zero-order chi connectivity index (χ0) is 26.9. The fourth-order valence-corrected chi connectivity index (χ4v) is 5.62. The van der Waals surface area contributed by atoms with E-state index in [0.717, 1.165) is 86.3 Å². The molecule has 3 N–H and O–H groups in total. The number of imidazole rings is 1. The van der Waals surface area contributed by atoms with E-state index in [1.807, 2.05) is 29.2 Å². The van der Waals surface area contributed by atoms with Crippen LogP contribution in [-0.2, 0) is 6.61 Å². The summed E-state index contributed by atoms with van der Waals surface area (Å²) in [6.07, 6.45) is 9.87. The molecular weight excluding hydrogens is 516 g/mol. The van der Waals surface area contributed by atoms with Crippen LogP contribution < -0.4 is 25.2 Å². The lowest BCUT2D eigenvalue weighted by molar-refractivity contribution is 0.281. The Morgan fingerprint density at radius 3 is 2.36 bits per heavy atom. The van der Waals surface area contributed by atoms with E-state index in [1.54, 1.807) is 19.2 Å². The number of fused-ring (bicyclic) bond motifs is 1. The molecule has 2 fully saturated rings. The Kier molecular flexibility index (Phi) is 7.16. The van der Waals surface area contributed by atoms with E-state index in [2.05, 4.69) is 36.8 Å². The number of hydrogen-bond donors (Lipinski definition) is 2. The summed E-state index contributed by atoms with van der Waals surface area (Å²) >= 11 is 6.37. The third-order valence-corrected chi connectivity index (χ3v) is 8.02. The normalized spacial score (nSPS) is 16.8. The molecule has 5 heterocycles. The molecule has 6 rings (SSSR count). The van der Waals surface area contributed by atoms with E-state index in [1.165, 1.54) is 0 Å². The number of nitrogens with two attached hydrogens (primary N) is 1. The number of aliphatic hydroxyl groups is 1. The number of piperidine rings is 1. The fraction of sp³-hybridized carbons (Fsp3) is 0.393. The van der Waals surface area contributed by atoms with Gasteiger partial charge in [0.2, 0.25) is 5.95 Å². The lowest BCUT2D eigenvalue weighted by atomic mass is 10.1.